The molecular formula is C27H33N5O3S. The fourth-order valence-corrected chi connectivity index (χ4v) is 5.96. The lowest BCUT2D eigenvalue weighted by molar-refractivity contribution is -0.132. The number of carbonyl (C=O) groups excluding carboxylic acids is 2. The van der Waals surface area contributed by atoms with Crippen molar-refractivity contribution in [2.75, 3.05) is 26.0 Å². The second-order valence-corrected chi connectivity index (χ2v) is 10.3. The summed E-state index contributed by atoms with van der Waals surface area (Å²) < 4.78 is 7.36. The molecular weight excluding hydrogens is 474 g/mol. The van der Waals surface area contributed by atoms with E-state index >= 15 is 0 Å². The number of aromatic nitrogens is 2. The first-order chi connectivity index (χ1) is 17.3. The van der Waals surface area contributed by atoms with Gasteiger partial charge in [0.2, 0.25) is 11.8 Å². The highest BCUT2D eigenvalue weighted by molar-refractivity contribution is 7.16. The number of fused-ring (bicyclic) bond motifs is 1. The molecule has 1 N–H and O–H groups in total. The SMILES string of the molecule is CN=Cc1c(NC(=O)CC(C)c2ccccc2OC)sc2c1CCN(C(=O)Cn1cc(C)nc1C)C2. The number of methoxy groups -OCH3 is 1. The lowest BCUT2D eigenvalue weighted by atomic mass is 9.96. The van der Waals surface area contributed by atoms with Crippen molar-refractivity contribution in [2.24, 2.45) is 4.99 Å². The predicted molar refractivity (Wildman–Crippen MR) is 143 cm³/mol. The van der Waals surface area contributed by atoms with Crippen molar-refractivity contribution in [2.45, 2.75) is 52.6 Å². The topological polar surface area (TPSA) is 88.8 Å². The van der Waals surface area contributed by atoms with Gasteiger partial charge >= 0.3 is 0 Å². The van der Waals surface area contributed by atoms with Gasteiger partial charge in [0.25, 0.3) is 0 Å². The standard InChI is InChI=1S/C27H33N5O3S/c1-17(20-8-6-7-9-23(20)35-5)12-25(33)30-27-22(13-28-4)21-10-11-31(15-24(21)36-27)26(34)16-32-14-18(2)29-19(32)3/h6-9,13-14,17H,10-12,15-16H2,1-5H3,(H,30,33). The average molecular weight is 508 g/mol. The average Bonchev–Trinajstić information content (AvgIpc) is 3.36. The van der Waals surface area contributed by atoms with Crippen LogP contribution < -0.4 is 10.1 Å². The Labute approximate surface area is 216 Å². The van der Waals surface area contributed by atoms with Crippen molar-refractivity contribution < 1.29 is 14.3 Å². The Hall–Kier alpha value is -3.46. The second-order valence-electron chi connectivity index (χ2n) is 9.15. The van der Waals surface area contributed by atoms with Crippen molar-refractivity contribution >= 4 is 34.4 Å². The van der Waals surface area contributed by atoms with E-state index in [1.165, 1.54) is 11.3 Å². The van der Waals surface area contributed by atoms with Gasteiger partial charge in [-0.1, -0.05) is 25.1 Å². The first-order valence-corrected chi connectivity index (χ1v) is 12.9. The maximum absolute atomic E-state index is 13.0. The van der Waals surface area contributed by atoms with Crippen LogP contribution in [0.4, 0.5) is 5.00 Å². The molecule has 190 valence electrons. The Morgan fingerprint density at radius 3 is 2.78 bits per heavy atom. The third kappa shape index (κ3) is 5.51. The van der Waals surface area contributed by atoms with Crippen LogP contribution in [-0.4, -0.2) is 53.2 Å². The number of carbonyl (C=O) groups is 2. The number of aryl methyl sites for hydroxylation is 2. The normalized spacial score (nSPS) is 14.1. The lowest BCUT2D eigenvalue weighted by Crippen LogP contribution is -2.37. The largest absolute Gasteiger partial charge is 0.496 e. The van der Waals surface area contributed by atoms with Crippen LogP contribution >= 0.6 is 11.3 Å². The van der Waals surface area contributed by atoms with Gasteiger partial charge in [-0.3, -0.25) is 14.6 Å². The maximum atomic E-state index is 13.0. The number of para-hydroxylation sites is 1. The molecule has 0 bridgehead atoms. The highest BCUT2D eigenvalue weighted by Gasteiger charge is 2.27. The van der Waals surface area contributed by atoms with E-state index in [0.717, 1.165) is 50.3 Å². The van der Waals surface area contributed by atoms with Crippen LogP contribution in [0.5, 0.6) is 5.75 Å². The van der Waals surface area contributed by atoms with Gasteiger partial charge in [-0.2, -0.15) is 0 Å². The number of nitrogens with one attached hydrogen (secondary N) is 1. The smallest absolute Gasteiger partial charge is 0.242 e. The van der Waals surface area contributed by atoms with Gasteiger partial charge < -0.3 is 19.5 Å². The van der Waals surface area contributed by atoms with Crippen LogP contribution in [-0.2, 0) is 29.1 Å². The molecule has 0 radical (unpaired) electrons. The van der Waals surface area contributed by atoms with Crippen molar-refractivity contribution in [1.29, 1.82) is 0 Å². The summed E-state index contributed by atoms with van der Waals surface area (Å²) in [5.74, 6) is 1.63. The molecule has 36 heavy (non-hydrogen) atoms. The summed E-state index contributed by atoms with van der Waals surface area (Å²) in [5.41, 5.74) is 4.03. The van der Waals surface area contributed by atoms with Gasteiger partial charge in [0.15, 0.2) is 0 Å². The fraction of sp³-hybridized carbons (Fsp3) is 0.407. The molecule has 9 heteroatoms. The van der Waals surface area contributed by atoms with E-state index in [0.29, 0.717) is 19.5 Å². The number of imidazole rings is 1. The Balaban J connectivity index is 1.47. The van der Waals surface area contributed by atoms with E-state index in [2.05, 4.69) is 15.3 Å². The molecule has 0 saturated heterocycles. The summed E-state index contributed by atoms with van der Waals surface area (Å²) in [4.78, 5) is 37.6. The molecule has 3 aromatic rings. The Kier molecular flexibility index (Phi) is 7.88. The van der Waals surface area contributed by atoms with Crippen molar-refractivity contribution in [3.8, 4) is 5.75 Å². The number of ether oxygens (including phenoxy) is 1. The van der Waals surface area contributed by atoms with Crippen LogP contribution in [0.1, 0.15) is 52.3 Å². The van der Waals surface area contributed by atoms with Crippen molar-refractivity contribution in [3.05, 3.63) is 63.5 Å². The van der Waals surface area contributed by atoms with Gasteiger partial charge in [-0.25, -0.2) is 4.98 Å². The Morgan fingerprint density at radius 2 is 2.08 bits per heavy atom. The quantitative estimate of drug-likeness (QED) is 0.460. The van der Waals surface area contributed by atoms with Crippen LogP contribution in [0.15, 0.2) is 35.5 Å². The molecule has 2 aromatic heterocycles. The van der Waals surface area contributed by atoms with E-state index in [1.54, 1.807) is 14.2 Å². The first-order valence-electron chi connectivity index (χ1n) is 12.1. The highest BCUT2D eigenvalue weighted by atomic mass is 32.1. The lowest BCUT2D eigenvalue weighted by Gasteiger charge is -2.27. The monoisotopic (exact) mass is 507 g/mol. The molecule has 4 rings (SSSR count). The maximum Gasteiger partial charge on any atom is 0.242 e. The fourth-order valence-electron chi connectivity index (χ4n) is 4.71. The third-order valence-corrected chi connectivity index (χ3v) is 7.67. The zero-order valence-electron chi connectivity index (χ0n) is 21.5. The molecule has 1 aromatic carbocycles. The zero-order valence-corrected chi connectivity index (χ0v) is 22.3. The second kappa shape index (κ2) is 11.1. The number of amides is 2. The molecule has 3 heterocycles. The number of nitrogens with zero attached hydrogens (tertiary/aromatic N) is 4. The van der Waals surface area contributed by atoms with Crippen molar-refractivity contribution in [1.82, 2.24) is 14.5 Å². The van der Waals surface area contributed by atoms with Crippen LogP contribution in [0.3, 0.4) is 0 Å². The molecule has 1 unspecified atom stereocenters. The first kappa shape index (κ1) is 25.6. The number of aliphatic imine (C=N–C) groups is 1. The Morgan fingerprint density at radius 1 is 1.31 bits per heavy atom. The zero-order chi connectivity index (χ0) is 25.8. The molecule has 8 nitrogen and oxygen atoms in total. The number of thiophene rings is 1. The van der Waals surface area contributed by atoms with Gasteiger partial charge in [0.05, 0.1) is 19.3 Å². The van der Waals surface area contributed by atoms with Crippen molar-refractivity contribution in [3.63, 3.8) is 0 Å². The minimum Gasteiger partial charge on any atom is -0.496 e. The van der Waals surface area contributed by atoms with E-state index in [4.69, 9.17) is 4.74 Å². The van der Waals surface area contributed by atoms with E-state index in [9.17, 15) is 9.59 Å². The molecule has 1 aliphatic rings. The summed E-state index contributed by atoms with van der Waals surface area (Å²) in [7, 11) is 3.37. The molecule has 1 atom stereocenters. The predicted octanol–water partition coefficient (Wildman–Crippen LogP) is 4.34. The van der Waals surface area contributed by atoms with Gasteiger partial charge in [-0.05, 0) is 43.4 Å². The minimum absolute atomic E-state index is 0.00223. The Bertz CT molecular complexity index is 1290. The summed E-state index contributed by atoms with van der Waals surface area (Å²) in [5, 5.41) is 3.91. The summed E-state index contributed by atoms with van der Waals surface area (Å²) >= 11 is 1.53. The molecule has 0 fully saturated rings. The van der Waals surface area contributed by atoms with Crippen LogP contribution in [0.2, 0.25) is 0 Å². The summed E-state index contributed by atoms with van der Waals surface area (Å²) in [6.45, 7) is 7.31. The van der Waals surface area contributed by atoms with Gasteiger partial charge in [-0.15, -0.1) is 11.3 Å². The third-order valence-electron chi connectivity index (χ3n) is 6.53. The number of benzene rings is 1. The number of hydrogen-bond donors (Lipinski definition) is 1. The summed E-state index contributed by atoms with van der Waals surface area (Å²) in [6.07, 6.45) is 4.78. The number of rotatable bonds is 8. The molecule has 0 saturated carbocycles. The van der Waals surface area contributed by atoms with Gasteiger partial charge in [0, 0.05) is 42.9 Å². The highest BCUT2D eigenvalue weighted by Crippen LogP contribution is 2.37. The van der Waals surface area contributed by atoms with Crippen LogP contribution in [0, 0.1) is 13.8 Å². The van der Waals surface area contributed by atoms with E-state index in [-0.39, 0.29) is 24.3 Å². The molecule has 1 aliphatic heterocycles. The molecule has 2 amide bonds. The van der Waals surface area contributed by atoms with E-state index < -0.39 is 0 Å². The number of anilines is 1. The van der Waals surface area contributed by atoms with Crippen LogP contribution in [0.25, 0.3) is 0 Å². The van der Waals surface area contributed by atoms with E-state index in [1.807, 2.05) is 66.9 Å². The minimum atomic E-state index is -0.0587. The van der Waals surface area contributed by atoms with Gasteiger partial charge in [0.1, 0.15) is 23.1 Å². The number of hydrogen-bond acceptors (Lipinski definition) is 6. The molecule has 0 spiro atoms. The summed E-state index contributed by atoms with van der Waals surface area (Å²) in [6, 6.07) is 7.79. The molecule has 0 aliphatic carbocycles.